The highest BCUT2D eigenvalue weighted by atomic mass is 19.1. The molecule has 0 atom stereocenters. The molecule has 0 unspecified atom stereocenters. The summed E-state index contributed by atoms with van der Waals surface area (Å²) in [6, 6.07) is 5.41. The van der Waals surface area contributed by atoms with Crippen molar-refractivity contribution in [2.75, 3.05) is 12.4 Å². The lowest BCUT2D eigenvalue weighted by Gasteiger charge is -2.09. The molecule has 0 saturated carbocycles. The fourth-order valence-electron chi connectivity index (χ4n) is 1.67. The Bertz CT molecular complexity index is 632. The van der Waals surface area contributed by atoms with E-state index in [0.29, 0.717) is 11.3 Å². The van der Waals surface area contributed by atoms with Gasteiger partial charge in [0, 0.05) is 17.3 Å². The van der Waals surface area contributed by atoms with Gasteiger partial charge in [0.05, 0.1) is 25.6 Å². The zero-order chi connectivity index (χ0) is 14.5. The van der Waals surface area contributed by atoms with Gasteiger partial charge in [0.15, 0.2) is 11.6 Å². The predicted molar refractivity (Wildman–Crippen MR) is 71.1 cm³/mol. The molecular weight excluding hydrogens is 263 g/mol. The minimum atomic E-state index is -0.540. The number of aliphatic hydroxyl groups is 1. The number of benzene rings is 1. The zero-order valence-corrected chi connectivity index (χ0v) is 10.8. The number of carbonyl (C=O) groups is 1. The minimum absolute atomic E-state index is 0.00813. The summed E-state index contributed by atoms with van der Waals surface area (Å²) in [5.74, 6) is -0.987. The number of hydrogen-bond donors (Lipinski definition) is 2. The number of carbonyl (C=O) groups excluding carboxylic acids is 1. The maximum atomic E-state index is 13.3. The number of aromatic nitrogens is 1. The van der Waals surface area contributed by atoms with Gasteiger partial charge in [-0.25, -0.2) is 4.39 Å². The van der Waals surface area contributed by atoms with Crippen LogP contribution in [0, 0.1) is 5.82 Å². The molecule has 0 spiro atoms. The highest BCUT2D eigenvalue weighted by Crippen LogP contribution is 2.20. The van der Waals surface area contributed by atoms with Crippen LogP contribution in [-0.2, 0) is 6.61 Å². The lowest BCUT2D eigenvalue weighted by molar-refractivity contribution is 0.102. The van der Waals surface area contributed by atoms with Crippen LogP contribution >= 0.6 is 0 Å². The smallest absolute Gasteiger partial charge is 0.255 e. The number of ether oxygens (including phenoxy) is 1. The van der Waals surface area contributed by atoms with Crippen LogP contribution in [0.3, 0.4) is 0 Å². The summed E-state index contributed by atoms with van der Waals surface area (Å²) >= 11 is 0. The molecule has 0 aliphatic rings. The largest absolute Gasteiger partial charge is 0.494 e. The van der Waals surface area contributed by atoms with Crippen LogP contribution in [0.1, 0.15) is 15.9 Å². The van der Waals surface area contributed by atoms with Crippen molar-refractivity contribution < 1.29 is 19.0 Å². The molecule has 0 saturated heterocycles. The summed E-state index contributed by atoms with van der Waals surface area (Å²) in [5, 5.41) is 11.8. The highest BCUT2D eigenvalue weighted by molar-refractivity contribution is 6.04. The molecule has 1 heterocycles. The molecule has 2 N–H and O–H groups in total. The van der Waals surface area contributed by atoms with E-state index in [1.54, 1.807) is 6.07 Å². The third-order valence-corrected chi connectivity index (χ3v) is 2.74. The molecule has 5 nitrogen and oxygen atoms in total. The van der Waals surface area contributed by atoms with Gasteiger partial charge in [-0.2, -0.15) is 0 Å². The summed E-state index contributed by atoms with van der Waals surface area (Å²) in [6.45, 7) is -0.217. The number of pyridine rings is 1. The first-order valence-corrected chi connectivity index (χ1v) is 5.84. The van der Waals surface area contributed by atoms with Crippen molar-refractivity contribution in [1.29, 1.82) is 0 Å². The molecule has 6 heteroatoms. The summed E-state index contributed by atoms with van der Waals surface area (Å²) in [4.78, 5) is 15.9. The normalized spacial score (nSPS) is 10.2. The Hall–Kier alpha value is -2.47. The summed E-state index contributed by atoms with van der Waals surface area (Å²) in [6.07, 6.45) is 2.95. The molecule has 1 amide bonds. The van der Waals surface area contributed by atoms with E-state index in [0.717, 1.165) is 6.07 Å². The van der Waals surface area contributed by atoms with Crippen molar-refractivity contribution >= 4 is 11.6 Å². The van der Waals surface area contributed by atoms with Crippen molar-refractivity contribution in [3.63, 3.8) is 0 Å². The molecule has 2 rings (SSSR count). The Morgan fingerprint density at radius 3 is 2.95 bits per heavy atom. The first kappa shape index (κ1) is 14.0. The molecule has 0 radical (unpaired) electrons. The highest BCUT2D eigenvalue weighted by Gasteiger charge is 2.12. The van der Waals surface area contributed by atoms with Crippen molar-refractivity contribution in [3.05, 3.63) is 53.6 Å². The Kier molecular flexibility index (Phi) is 4.27. The molecule has 0 aliphatic heterocycles. The number of nitrogens with zero attached hydrogens (tertiary/aromatic N) is 1. The van der Waals surface area contributed by atoms with Crippen molar-refractivity contribution in [2.24, 2.45) is 0 Å². The summed E-state index contributed by atoms with van der Waals surface area (Å²) < 4.78 is 18.1. The van der Waals surface area contributed by atoms with Gasteiger partial charge in [0.1, 0.15) is 0 Å². The summed E-state index contributed by atoms with van der Waals surface area (Å²) in [7, 11) is 1.32. The third-order valence-electron chi connectivity index (χ3n) is 2.74. The molecule has 1 aromatic carbocycles. The van der Waals surface area contributed by atoms with Crippen molar-refractivity contribution in [1.82, 2.24) is 4.98 Å². The second-order valence-electron chi connectivity index (χ2n) is 3.99. The van der Waals surface area contributed by atoms with Crippen LogP contribution < -0.4 is 10.1 Å². The van der Waals surface area contributed by atoms with Crippen LogP contribution in [0.25, 0.3) is 0 Å². The molecule has 20 heavy (non-hydrogen) atoms. The van der Waals surface area contributed by atoms with E-state index in [4.69, 9.17) is 4.74 Å². The second kappa shape index (κ2) is 6.12. The lowest BCUT2D eigenvalue weighted by Crippen LogP contribution is -2.14. The molecule has 2 aromatic rings. The number of halogens is 1. The van der Waals surface area contributed by atoms with Crippen LogP contribution in [-0.4, -0.2) is 23.1 Å². The molecule has 0 fully saturated rings. The quantitative estimate of drug-likeness (QED) is 0.895. The van der Waals surface area contributed by atoms with Gasteiger partial charge in [-0.3, -0.25) is 9.78 Å². The molecule has 1 aromatic heterocycles. The monoisotopic (exact) mass is 276 g/mol. The fourth-order valence-corrected chi connectivity index (χ4v) is 1.67. The van der Waals surface area contributed by atoms with Gasteiger partial charge in [0.25, 0.3) is 5.91 Å². The third kappa shape index (κ3) is 2.92. The second-order valence-corrected chi connectivity index (χ2v) is 3.99. The van der Waals surface area contributed by atoms with Gasteiger partial charge in [0.2, 0.25) is 0 Å². The number of hydrogen-bond acceptors (Lipinski definition) is 4. The van der Waals surface area contributed by atoms with Gasteiger partial charge in [-0.05, 0) is 24.3 Å². The average Bonchev–Trinajstić information content (AvgIpc) is 2.48. The van der Waals surface area contributed by atoms with E-state index in [9.17, 15) is 14.3 Å². The molecule has 0 aliphatic carbocycles. The van der Waals surface area contributed by atoms with E-state index in [2.05, 4.69) is 10.3 Å². The predicted octanol–water partition coefficient (Wildman–Crippen LogP) is 1.97. The first-order chi connectivity index (χ1) is 9.65. The van der Waals surface area contributed by atoms with Crippen LogP contribution in [0.4, 0.5) is 10.1 Å². The molecule has 104 valence electrons. The maximum absolute atomic E-state index is 13.3. The summed E-state index contributed by atoms with van der Waals surface area (Å²) in [5.41, 5.74) is 1.20. The minimum Gasteiger partial charge on any atom is -0.494 e. The van der Waals surface area contributed by atoms with Crippen molar-refractivity contribution in [2.45, 2.75) is 6.61 Å². The van der Waals surface area contributed by atoms with E-state index < -0.39 is 11.7 Å². The van der Waals surface area contributed by atoms with Gasteiger partial charge < -0.3 is 15.2 Å². The lowest BCUT2D eigenvalue weighted by atomic mass is 10.1. The number of aliphatic hydroxyl groups excluding tert-OH is 1. The Morgan fingerprint density at radius 2 is 2.25 bits per heavy atom. The number of anilines is 1. The Morgan fingerprint density at radius 1 is 1.45 bits per heavy atom. The van der Waals surface area contributed by atoms with Gasteiger partial charge >= 0.3 is 0 Å². The standard InChI is InChI=1S/C14H13FN2O3/c1-20-13-6-9(2-3-11(13)15)14(19)17-12-7-16-5-4-10(12)8-18/h2-7,18H,8H2,1H3,(H,17,19). The van der Waals surface area contributed by atoms with Crippen LogP contribution in [0.5, 0.6) is 5.75 Å². The van der Waals surface area contributed by atoms with E-state index in [1.807, 2.05) is 0 Å². The van der Waals surface area contributed by atoms with E-state index in [1.165, 1.54) is 31.6 Å². The average molecular weight is 276 g/mol. The fraction of sp³-hybridized carbons (Fsp3) is 0.143. The Labute approximate surface area is 115 Å². The number of rotatable bonds is 4. The molecule has 0 bridgehead atoms. The van der Waals surface area contributed by atoms with Crippen molar-refractivity contribution in [3.8, 4) is 5.75 Å². The first-order valence-electron chi connectivity index (χ1n) is 5.84. The van der Waals surface area contributed by atoms with E-state index >= 15 is 0 Å². The topological polar surface area (TPSA) is 71.5 Å². The number of nitrogens with one attached hydrogen (secondary N) is 1. The van der Waals surface area contributed by atoms with Crippen LogP contribution in [0.2, 0.25) is 0 Å². The van der Waals surface area contributed by atoms with Gasteiger partial charge in [-0.1, -0.05) is 0 Å². The van der Waals surface area contributed by atoms with Crippen LogP contribution in [0.15, 0.2) is 36.7 Å². The Balaban J connectivity index is 2.24. The SMILES string of the molecule is COc1cc(C(=O)Nc2cnccc2CO)ccc1F. The van der Waals surface area contributed by atoms with Gasteiger partial charge in [-0.15, -0.1) is 0 Å². The zero-order valence-electron chi connectivity index (χ0n) is 10.8. The molecular formula is C14H13FN2O3. The number of methoxy groups -OCH3 is 1. The van der Waals surface area contributed by atoms with E-state index in [-0.39, 0.29) is 17.9 Å². The maximum Gasteiger partial charge on any atom is 0.255 e. The number of amides is 1.